The second-order valence-electron chi connectivity index (χ2n) is 1.62. The largest absolute Gasteiger partial charge is 0.379 e. The SMILES string of the molecule is COC(C)[C@H](C)F. The Bertz CT molecular complexity index is 45.3. The van der Waals surface area contributed by atoms with Crippen LogP contribution < -0.4 is 0 Å². The molecule has 0 radical (unpaired) electrons. The van der Waals surface area contributed by atoms with Gasteiger partial charge in [0.15, 0.2) is 0 Å². The Balaban J connectivity index is 3.14. The molecule has 0 aliphatic rings. The van der Waals surface area contributed by atoms with E-state index < -0.39 is 6.17 Å². The van der Waals surface area contributed by atoms with Crippen LogP contribution in [0.5, 0.6) is 0 Å². The zero-order valence-electron chi connectivity index (χ0n) is 4.94. The van der Waals surface area contributed by atoms with Gasteiger partial charge in [-0.1, -0.05) is 0 Å². The lowest BCUT2D eigenvalue weighted by Crippen LogP contribution is -2.16. The molecule has 0 amide bonds. The number of hydrogen-bond donors (Lipinski definition) is 0. The van der Waals surface area contributed by atoms with Crippen molar-refractivity contribution >= 4 is 0 Å². The van der Waals surface area contributed by atoms with Crippen molar-refractivity contribution in [2.75, 3.05) is 7.11 Å². The van der Waals surface area contributed by atoms with Gasteiger partial charge < -0.3 is 4.74 Å². The molecule has 0 N–H and O–H groups in total. The number of halogens is 1. The number of alkyl halides is 1. The average molecular weight is 106 g/mol. The molecule has 0 saturated carbocycles. The first kappa shape index (κ1) is 6.89. The van der Waals surface area contributed by atoms with E-state index in [2.05, 4.69) is 4.74 Å². The standard InChI is InChI=1S/C5H11FO/c1-4(6)5(2)7-3/h4-5H,1-3H3/t4-,5?/m0/s1. The van der Waals surface area contributed by atoms with Crippen molar-refractivity contribution in [3.05, 3.63) is 0 Å². The van der Waals surface area contributed by atoms with E-state index in [1.165, 1.54) is 14.0 Å². The Morgan fingerprint density at radius 1 is 1.43 bits per heavy atom. The summed E-state index contributed by atoms with van der Waals surface area (Å²) in [6.07, 6.45) is -1.12. The molecule has 0 aliphatic heterocycles. The smallest absolute Gasteiger partial charge is 0.123 e. The second kappa shape index (κ2) is 2.97. The Morgan fingerprint density at radius 2 is 1.86 bits per heavy atom. The van der Waals surface area contributed by atoms with E-state index in [1.54, 1.807) is 6.92 Å². The maximum Gasteiger partial charge on any atom is 0.123 e. The van der Waals surface area contributed by atoms with Gasteiger partial charge in [-0.3, -0.25) is 0 Å². The van der Waals surface area contributed by atoms with Gasteiger partial charge in [-0.2, -0.15) is 0 Å². The molecule has 0 aromatic heterocycles. The van der Waals surface area contributed by atoms with E-state index >= 15 is 0 Å². The van der Waals surface area contributed by atoms with Crippen LogP contribution in [0.25, 0.3) is 0 Å². The minimum Gasteiger partial charge on any atom is -0.379 e. The van der Waals surface area contributed by atoms with Gasteiger partial charge in [0.2, 0.25) is 0 Å². The van der Waals surface area contributed by atoms with Crippen molar-refractivity contribution in [2.24, 2.45) is 0 Å². The van der Waals surface area contributed by atoms with E-state index in [9.17, 15) is 4.39 Å². The topological polar surface area (TPSA) is 9.23 Å². The summed E-state index contributed by atoms with van der Waals surface area (Å²) in [7, 11) is 1.50. The molecule has 0 spiro atoms. The summed E-state index contributed by atoms with van der Waals surface area (Å²) in [6.45, 7) is 3.18. The predicted octanol–water partition coefficient (Wildman–Crippen LogP) is 1.38. The highest BCUT2D eigenvalue weighted by molar-refractivity contribution is 4.54. The molecular weight excluding hydrogens is 95.1 g/mol. The van der Waals surface area contributed by atoms with Crippen LogP contribution in [0, 0.1) is 0 Å². The van der Waals surface area contributed by atoms with Crippen molar-refractivity contribution < 1.29 is 9.13 Å². The van der Waals surface area contributed by atoms with Crippen molar-refractivity contribution in [1.29, 1.82) is 0 Å². The minimum absolute atomic E-state index is 0.264. The summed E-state index contributed by atoms with van der Waals surface area (Å²) < 4.78 is 16.6. The van der Waals surface area contributed by atoms with E-state index in [0.29, 0.717) is 0 Å². The summed E-state index contributed by atoms with van der Waals surface area (Å²) in [4.78, 5) is 0. The third-order valence-corrected chi connectivity index (χ3v) is 1.02. The highest BCUT2D eigenvalue weighted by atomic mass is 19.1. The van der Waals surface area contributed by atoms with Crippen LogP contribution >= 0.6 is 0 Å². The Labute approximate surface area is 43.5 Å². The zero-order chi connectivity index (χ0) is 5.86. The number of hydrogen-bond acceptors (Lipinski definition) is 1. The monoisotopic (exact) mass is 106 g/mol. The summed E-state index contributed by atoms with van der Waals surface area (Å²) in [6, 6.07) is 0. The number of rotatable bonds is 2. The van der Waals surface area contributed by atoms with Gasteiger partial charge >= 0.3 is 0 Å². The van der Waals surface area contributed by atoms with Gasteiger partial charge in [-0.25, -0.2) is 4.39 Å². The molecule has 0 saturated heterocycles. The molecular formula is C5H11FO. The highest BCUT2D eigenvalue weighted by Crippen LogP contribution is 1.98. The number of methoxy groups -OCH3 is 1. The molecule has 0 bridgehead atoms. The third-order valence-electron chi connectivity index (χ3n) is 1.02. The first-order chi connectivity index (χ1) is 3.18. The van der Waals surface area contributed by atoms with Crippen molar-refractivity contribution in [3.63, 3.8) is 0 Å². The fraction of sp³-hybridized carbons (Fsp3) is 1.00. The fourth-order valence-electron chi connectivity index (χ4n) is 0.188. The van der Waals surface area contributed by atoms with Crippen LogP contribution in [-0.4, -0.2) is 19.4 Å². The Hall–Kier alpha value is -0.110. The normalized spacial score (nSPS) is 18.9. The molecule has 1 unspecified atom stereocenters. The molecule has 2 atom stereocenters. The van der Waals surface area contributed by atoms with E-state index in [-0.39, 0.29) is 6.10 Å². The molecule has 0 fully saturated rings. The average Bonchev–Trinajstić information content (AvgIpc) is 1.65. The van der Waals surface area contributed by atoms with Crippen molar-refractivity contribution in [3.8, 4) is 0 Å². The van der Waals surface area contributed by atoms with Gasteiger partial charge in [-0.05, 0) is 13.8 Å². The third kappa shape index (κ3) is 2.57. The maximum absolute atomic E-state index is 12.0. The second-order valence-corrected chi connectivity index (χ2v) is 1.62. The molecule has 1 nitrogen and oxygen atoms in total. The number of ether oxygens (including phenoxy) is 1. The van der Waals surface area contributed by atoms with Crippen LogP contribution in [-0.2, 0) is 4.74 Å². The fourth-order valence-corrected chi connectivity index (χ4v) is 0.188. The Kier molecular flexibility index (Phi) is 2.92. The molecule has 0 aliphatic carbocycles. The molecule has 44 valence electrons. The lowest BCUT2D eigenvalue weighted by molar-refractivity contribution is 0.0541. The molecule has 0 rings (SSSR count). The molecule has 7 heavy (non-hydrogen) atoms. The molecule has 0 aromatic carbocycles. The van der Waals surface area contributed by atoms with Crippen LogP contribution in [0.2, 0.25) is 0 Å². The summed E-state index contributed by atoms with van der Waals surface area (Å²) in [5.74, 6) is 0. The van der Waals surface area contributed by atoms with Crippen LogP contribution in [0.15, 0.2) is 0 Å². The van der Waals surface area contributed by atoms with Gasteiger partial charge in [0.1, 0.15) is 6.17 Å². The van der Waals surface area contributed by atoms with E-state index in [1.807, 2.05) is 0 Å². The van der Waals surface area contributed by atoms with Gasteiger partial charge in [0.25, 0.3) is 0 Å². The lowest BCUT2D eigenvalue weighted by Gasteiger charge is -2.08. The molecule has 0 heterocycles. The highest BCUT2D eigenvalue weighted by Gasteiger charge is 2.06. The van der Waals surface area contributed by atoms with E-state index in [0.717, 1.165) is 0 Å². The quantitative estimate of drug-likeness (QED) is 0.516. The van der Waals surface area contributed by atoms with Gasteiger partial charge in [0.05, 0.1) is 6.10 Å². The molecule has 0 aromatic rings. The Morgan fingerprint density at radius 3 is 1.86 bits per heavy atom. The summed E-state index contributed by atoms with van der Waals surface area (Å²) in [5, 5.41) is 0. The van der Waals surface area contributed by atoms with Crippen molar-refractivity contribution in [1.82, 2.24) is 0 Å². The predicted molar refractivity (Wildman–Crippen MR) is 27.0 cm³/mol. The summed E-state index contributed by atoms with van der Waals surface area (Å²) >= 11 is 0. The first-order valence-electron chi connectivity index (χ1n) is 2.35. The maximum atomic E-state index is 12.0. The lowest BCUT2D eigenvalue weighted by atomic mass is 10.3. The van der Waals surface area contributed by atoms with E-state index in [4.69, 9.17) is 0 Å². The van der Waals surface area contributed by atoms with Crippen LogP contribution in [0.1, 0.15) is 13.8 Å². The first-order valence-corrected chi connectivity index (χ1v) is 2.35. The van der Waals surface area contributed by atoms with Crippen LogP contribution in [0.4, 0.5) is 4.39 Å². The zero-order valence-corrected chi connectivity index (χ0v) is 4.94. The van der Waals surface area contributed by atoms with Gasteiger partial charge in [0, 0.05) is 7.11 Å². The van der Waals surface area contributed by atoms with Crippen molar-refractivity contribution in [2.45, 2.75) is 26.1 Å². The minimum atomic E-state index is -0.856. The van der Waals surface area contributed by atoms with Crippen LogP contribution in [0.3, 0.4) is 0 Å². The summed E-state index contributed by atoms with van der Waals surface area (Å²) in [5.41, 5.74) is 0. The molecule has 2 heteroatoms. The van der Waals surface area contributed by atoms with Gasteiger partial charge in [-0.15, -0.1) is 0 Å².